The van der Waals surface area contributed by atoms with E-state index in [1.54, 1.807) is 12.1 Å². The lowest BCUT2D eigenvalue weighted by Crippen LogP contribution is -2.30. The first-order valence-electron chi connectivity index (χ1n) is 9.05. The lowest BCUT2D eigenvalue weighted by atomic mass is 9.95. The monoisotopic (exact) mass is 425 g/mol. The fourth-order valence-corrected chi connectivity index (χ4v) is 3.89. The van der Waals surface area contributed by atoms with Crippen molar-refractivity contribution in [2.75, 3.05) is 6.54 Å². The Morgan fingerprint density at radius 3 is 2.63 bits per heavy atom. The summed E-state index contributed by atoms with van der Waals surface area (Å²) in [4.78, 5) is 15.0. The lowest BCUT2D eigenvalue weighted by Gasteiger charge is -2.26. The van der Waals surface area contributed by atoms with Crippen LogP contribution in [0.15, 0.2) is 53.0 Å². The van der Waals surface area contributed by atoms with Crippen LogP contribution in [0.3, 0.4) is 0 Å². The largest absolute Gasteiger partial charge is 0.507 e. The van der Waals surface area contributed by atoms with Crippen molar-refractivity contribution in [3.05, 3.63) is 69.8 Å². The number of carbonyl (C=O) groups excluding carboxylic acids is 1. The normalized spacial score (nSPS) is 16.0. The molecule has 3 aromatic rings. The molecule has 138 valence electrons. The second kappa shape index (κ2) is 7.19. The molecule has 0 unspecified atom stereocenters. The van der Waals surface area contributed by atoms with Crippen LogP contribution < -0.4 is 0 Å². The first-order valence-corrected chi connectivity index (χ1v) is 9.84. The molecule has 1 atom stereocenters. The number of aromatic amines is 1. The van der Waals surface area contributed by atoms with Crippen LogP contribution in [-0.4, -0.2) is 32.7 Å². The predicted molar refractivity (Wildman–Crippen MR) is 108 cm³/mol. The van der Waals surface area contributed by atoms with Gasteiger partial charge in [-0.1, -0.05) is 53.5 Å². The Morgan fingerprint density at radius 2 is 1.93 bits per heavy atom. The van der Waals surface area contributed by atoms with Crippen LogP contribution in [0.25, 0.3) is 11.3 Å². The minimum absolute atomic E-state index is 0.0412. The van der Waals surface area contributed by atoms with Gasteiger partial charge in [-0.15, -0.1) is 0 Å². The molecular formula is C21H20BrN3O2. The highest BCUT2D eigenvalue weighted by Gasteiger charge is 2.42. The fourth-order valence-electron chi connectivity index (χ4n) is 3.63. The summed E-state index contributed by atoms with van der Waals surface area (Å²) < 4.78 is 0.990. The van der Waals surface area contributed by atoms with Crippen LogP contribution in [0.5, 0.6) is 5.75 Å². The van der Waals surface area contributed by atoms with Gasteiger partial charge in [0.15, 0.2) is 0 Å². The van der Waals surface area contributed by atoms with Crippen LogP contribution >= 0.6 is 15.9 Å². The molecule has 27 heavy (non-hydrogen) atoms. The number of unbranched alkanes of at least 4 members (excludes halogenated alkanes) is 1. The van der Waals surface area contributed by atoms with Crippen molar-refractivity contribution in [2.24, 2.45) is 0 Å². The number of benzene rings is 2. The summed E-state index contributed by atoms with van der Waals surface area (Å²) in [5, 5.41) is 17.6. The Kier molecular flexibility index (Phi) is 4.74. The average molecular weight is 426 g/mol. The zero-order chi connectivity index (χ0) is 19.0. The van der Waals surface area contributed by atoms with Crippen molar-refractivity contribution in [3.8, 4) is 17.0 Å². The number of nitrogens with zero attached hydrogens (tertiary/aromatic N) is 2. The number of hydrogen-bond acceptors (Lipinski definition) is 3. The number of phenolic OH excluding ortho intramolecular Hbond substituents is 1. The number of carbonyl (C=O) groups is 1. The molecule has 1 aliphatic heterocycles. The number of halogens is 1. The molecule has 0 bridgehead atoms. The molecule has 2 heterocycles. The highest BCUT2D eigenvalue weighted by molar-refractivity contribution is 9.10. The van der Waals surface area contributed by atoms with Crippen molar-refractivity contribution in [2.45, 2.75) is 25.8 Å². The van der Waals surface area contributed by atoms with Crippen molar-refractivity contribution in [1.29, 1.82) is 0 Å². The summed E-state index contributed by atoms with van der Waals surface area (Å²) in [5.74, 6) is 0.112. The molecular weight excluding hydrogens is 406 g/mol. The molecule has 2 N–H and O–H groups in total. The van der Waals surface area contributed by atoms with Gasteiger partial charge in [0.05, 0.1) is 6.04 Å². The number of nitrogens with one attached hydrogen (secondary N) is 1. The topological polar surface area (TPSA) is 69.2 Å². The van der Waals surface area contributed by atoms with E-state index in [0.717, 1.165) is 28.4 Å². The summed E-state index contributed by atoms with van der Waals surface area (Å²) in [6.45, 7) is 2.79. The Hall–Kier alpha value is -2.60. The van der Waals surface area contributed by atoms with Gasteiger partial charge in [0.1, 0.15) is 17.1 Å². The molecule has 4 rings (SSSR count). The van der Waals surface area contributed by atoms with E-state index in [9.17, 15) is 9.90 Å². The first kappa shape index (κ1) is 17.8. The highest BCUT2D eigenvalue weighted by Crippen LogP contribution is 2.44. The fraction of sp³-hybridized carbons (Fsp3) is 0.238. The van der Waals surface area contributed by atoms with Gasteiger partial charge in [0.25, 0.3) is 5.91 Å². The second-order valence-corrected chi connectivity index (χ2v) is 7.60. The van der Waals surface area contributed by atoms with Crippen molar-refractivity contribution in [1.82, 2.24) is 15.1 Å². The van der Waals surface area contributed by atoms with E-state index >= 15 is 0 Å². The smallest absolute Gasteiger partial charge is 0.273 e. The summed E-state index contributed by atoms with van der Waals surface area (Å²) >= 11 is 3.48. The van der Waals surface area contributed by atoms with Gasteiger partial charge in [-0.25, -0.2) is 0 Å². The maximum absolute atomic E-state index is 13.1. The maximum Gasteiger partial charge on any atom is 0.273 e. The minimum atomic E-state index is -0.222. The summed E-state index contributed by atoms with van der Waals surface area (Å²) in [6, 6.07) is 14.9. The van der Waals surface area contributed by atoms with E-state index < -0.39 is 0 Å². The first-order chi connectivity index (χ1) is 13.1. The van der Waals surface area contributed by atoms with Gasteiger partial charge in [0, 0.05) is 22.1 Å². The SMILES string of the molecule is CCCCN1C(=O)c2[nH]nc(-c3ccccc3O)c2[C@H]1c1ccc(Br)cc1. The van der Waals surface area contributed by atoms with Crippen LogP contribution in [0.4, 0.5) is 0 Å². The maximum atomic E-state index is 13.1. The second-order valence-electron chi connectivity index (χ2n) is 6.68. The number of aromatic hydroxyl groups is 1. The average Bonchev–Trinajstić information content (AvgIpc) is 3.21. The molecule has 1 aliphatic rings. The lowest BCUT2D eigenvalue weighted by molar-refractivity contribution is 0.0741. The zero-order valence-electron chi connectivity index (χ0n) is 14.9. The summed E-state index contributed by atoms with van der Waals surface area (Å²) in [7, 11) is 0. The standard InChI is InChI=1S/C21H20BrN3O2/c1-2-3-12-25-20(13-8-10-14(22)11-9-13)17-18(23-24-19(17)21(25)27)15-6-4-5-7-16(15)26/h4-11,20,26H,2-3,12H2,1H3,(H,23,24)/t20-/m1/s1. The third-order valence-electron chi connectivity index (χ3n) is 4.96. The molecule has 1 aromatic heterocycles. The molecule has 2 aromatic carbocycles. The Morgan fingerprint density at radius 1 is 1.19 bits per heavy atom. The van der Waals surface area contributed by atoms with Gasteiger partial charge >= 0.3 is 0 Å². The number of para-hydroxylation sites is 1. The summed E-state index contributed by atoms with van der Waals surface area (Å²) in [6.07, 6.45) is 1.94. The van der Waals surface area contributed by atoms with Gasteiger partial charge < -0.3 is 10.0 Å². The number of rotatable bonds is 5. The Bertz CT molecular complexity index is 981. The van der Waals surface area contributed by atoms with Crippen LogP contribution in [-0.2, 0) is 0 Å². The molecule has 6 heteroatoms. The van der Waals surface area contributed by atoms with E-state index in [0.29, 0.717) is 23.5 Å². The quantitative estimate of drug-likeness (QED) is 0.611. The van der Waals surface area contributed by atoms with Crippen LogP contribution in [0.2, 0.25) is 0 Å². The third-order valence-corrected chi connectivity index (χ3v) is 5.49. The third kappa shape index (κ3) is 3.04. The Labute approximate surface area is 166 Å². The molecule has 5 nitrogen and oxygen atoms in total. The van der Waals surface area contributed by atoms with Crippen LogP contribution in [0.1, 0.15) is 47.4 Å². The van der Waals surface area contributed by atoms with E-state index in [1.807, 2.05) is 41.3 Å². The molecule has 0 saturated heterocycles. The van der Waals surface area contributed by atoms with E-state index in [4.69, 9.17) is 0 Å². The Balaban J connectivity index is 1.88. The highest BCUT2D eigenvalue weighted by atomic mass is 79.9. The van der Waals surface area contributed by atoms with Crippen molar-refractivity contribution < 1.29 is 9.90 Å². The van der Waals surface area contributed by atoms with Crippen LogP contribution in [0, 0.1) is 0 Å². The van der Waals surface area contributed by atoms with Gasteiger partial charge in [0.2, 0.25) is 0 Å². The molecule has 0 aliphatic carbocycles. The van der Waals surface area contributed by atoms with Gasteiger partial charge in [-0.2, -0.15) is 5.10 Å². The molecule has 0 fully saturated rings. The van der Waals surface area contributed by atoms with Gasteiger partial charge in [-0.3, -0.25) is 9.89 Å². The summed E-state index contributed by atoms with van der Waals surface area (Å²) in [5.41, 5.74) is 3.63. The number of aromatic nitrogens is 2. The van der Waals surface area contributed by atoms with Crippen molar-refractivity contribution >= 4 is 21.8 Å². The van der Waals surface area contributed by atoms with E-state index in [1.165, 1.54) is 0 Å². The van der Waals surface area contributed by atoms with E-state index in [2.05, 4.69) is 33.1 Å². The molecule has 1 amide bonds. The number of amides is 1. The van der Waals surface area contributed by atoms with Gasteiger partial charge in [-0.05, 0) is 36.2 Å². The predicted octanol–water partition coefficient (Wildman–Crippen LogP) is 4.89. The minimum Gasteiger partial charge on any atom is -0.507 e. The number of fused-ring (bicyclic) bond motifs is 1. The molecule has 0 saturated carbocycles. The number of H-pyrrole nitrogens is 1. The van der Waals surface area contributed by atoms with Crippen molar-refractivity contribution in [3.63, 3.8) is 0 Å². The molecule has 0 spiro atoms. The zero-order valence-corrected chi connectivity index (χ0v) is 16.5. The number of phenols is 1. The van der Waals surface area contributed by atoms with E-state index in [-0.39, 0.29) is 17.7 Å². The number of hydrogen-bond donors (Lipinski definition) is 2. The molecule has 0 radical (unpaired) electrons.